The third-order valence-corrected chi connectivity index (χ3v) is 7.52. The second-order valence-electron chi connectivity index (χ2n) is 11.1. The van der Waals surface area contributed by atoms with Gasteiger partial charge in [-0.1, -0.05) is 73.6 Å². The minimum Gasteiger partial charge on any atom is -0.507 e. The molecule has 2 unspecified atom stereocenters. The molecule has 0 bridgehead atoms. The van der Waals surface area contributed by atoms with Crippen LogP contribution in [0.25, 0.3) is 0 Å². The Morgan fingerprint density at radius 3 is 1.37 bits per heavy atom. The number of hydrogen-bond donors (Lipinski definition) is 2. The number of aromatic hydroxyl groups is 2. The highest BCUT2D eigenvalue weighted by Gasteiger charge is 2.16. The minimum atomic E-state index is 0.218. The lowest BCUT2D eigenvalue weighted by molar-refractivity contribution is 0.463. The minimum absolute atomic E-state index is 0.218. The van der Waals surface area contributed by atoms with E-state index in [0.717, 1.165) is 46.5 Å². The standard InChI is InChI=1S/C34H44N2O2/c1-9-23(7)25-14-27(33(37)31(16-25)21(3)4)19-35-29-12-11-13-30(18-29)36-20-28-15-26(24(8)10-2)17-32(22(5)6)34(28)38/h11-24,37-38H,9-10H2,1-8H3. The first-order valence-corrected chi connectivity index (χ1v) is 14.0. The quantitative estimate of drug-likeness (QED) is 0.265. The van der Waals surface area contributed by atoms with Crippen molar-refractivity contribution in [1.82, 2.24) is 0 Å². The van der Waals surface area contributed by atoms with Gasteiger partial charge < -0.3 is 10.2 Å². The topological polar surface area (TPSA) is 65.2 Å². The maximum atomic E-state index is 10.9. The smallest absolute Gasteiger partial charge is 0.127 e. The highest BCUT2D eigenvalue weighted by Crippen LogP contribution is 2.35. The van der Waals surface area contributed by atoms with Gasteiger partial charge in [-0.15, -0.1) is 0 Å². The number of phenols is 2. The van der Waals surface area contributed by atoms with Crippen molar-refractivity contribution in [3.8, 4) is 11.5 Å². The molecule has 0 amide bonds. The van der Waals surface area contributed by atoms with Crippen LogP contribution in [0, 0.1) is 0 Å². The zero-order valence-corrected chi connectivity index (χ0v) is 24.3. The number of phenolic OH excluding ortho intramolecular Hbond substituents is 2. The van der Waals surface area contributed by atoms with Gasteiger partial charge in [0.05, 0.1) is 11.4 Å². The van der Waals surface area contributed by atoms with Gasteiger partial charge in [0.25, 0.3) is 0 Å². The molecule has 0 aromatic heterocycles. The van der Waals surface area contributed by atoms with Crippen LogP contribution in [0.15, 0.2) is 58.5 Å². The van der Waals surface area contributed by atoms with Crippen LogP contribution in [-0.4, -0.2) is 22.6 Å². The van der Waals surface area contributed by atoms with Crippen molar-refractivity contribution >= 4 is 23.8 Å². The predicted molar refractivity (Wildman–Crippen MR) is 163 cm³/mol. The first-order chi connectivity index (χ1) is 18.0. The zero-order chi connectivity index (χ0) is 28.0. The summed E-state index contributed by atoms with van der Waals surface area (Å²) in [6.45, 7) is 17.2. The molecule has 2 atom stereocenters. The summed E-state index contributed by atoms with van der Waals surface area (Å²) in [4.78, 5) is 9.35. The molecule has 0 aliphatic rings. The largest absolute Gasteiger partial charge is 0.507 e. The molecule has 0 saturated heterocycles. The molecule has 2 N–H and O–H groups in total. The van der Waals surface area contributed by atoms with E-state index in [1.807, 2.05) is 36.4 Å². The second kappa shape index (κ2) is 12.9. The van der Waals surface area contributed by atoms with Gasteiger partial charge in [-0.3, -0.25) is 9.98 Å². The first kappa shape index (κ1) is 29.2. The molecule has 3 rings (SSSR count). The van der Waals surface area contributed by atoms with E-state index in [9.17, 15) is 10.2 Å². The monoisotopic (exact) mass is 512 g/mol. The molecular formula is C34H44N2O2. The number of benzene rings is 3. The first-order valence-electron chi connectivity index (χ1n) is 14.0. The molecular weight excluding hydrogens is 468 g/mol. The van der Waals surface area contributed by atoms with Crippen LogP contribution in [0.3, 0.4) is 0 Å². The average Bonchev–Trinajstić information content (AvgIpc) is 2.90. The molecule has 0 heterocycles. The van der Waals surface area contributed by atoms with E-state index in [2.05, 4.69) is 77.5 Å². The highest BCUT2D eigenvalue weighted by atomic mass is 16.3. The molecule has 38 heavy (non-hydrogen) atoms. The summed E-state index contributed by atoms with van der Waals surface area (Å²) >= 11 is 0. The van der Waals surface area contributed by atoms with Crippen LogP contribution in [0.5, 0.6) is 11.5 Å². The molecule has 0 radical (unpaired) electrons. The molecule has 3 aromatic rings. The van der Waals surface area contributed by atoms with Crippen molar-refractivity contribution in [3.05, 3.63) is 81.9 Å². The lowest BCUT2D eigenvalue weighted by Gasteiger charge is -2.17. The van der Waals surface area contributed by atoms with Crippen LogP contribution in [0.1, 0.15) is 125 Å². The molecule has 0 aliphatic heterocycles. The van der Waals surface area contributed by atoms with Crippen molar-refractivity contribution in [3.63, 3.8) is 0 Å². The van der Waals surface area contributed by atoms with Gasteiger partial charge in [0, 0.05) is 23.6 Å². The van der Waals surface area contributed by atoms with E-state index < -0.39 is 0 Å². The van der Waals surface area contributed by atoms with E-state index in [1.54, 1.807) is 12.4 Å². The molecule has 0 saturated carbocycles. The van der Waals surface area contributed by atoms with Crippen molar-refractivity contribution in [2.24, 2.45) is 9.98 Å². The Balaban J connectivity index is 1.94. The summed E-state index contributed by atoms with van der Waals surface area (Å²) in [6, 6.07) is 16.0. The van der Waals surface area contributed by atoms with E-state index >= 15 is 0 Å². The summed E-state index contributed by atoms with van der Waals surface area (Å²) in [5.74, 6) is 1.84. The fourth-order valence-electron chi connectivity index (χ4n) is 4.47. The Morgan fingerprint density at radius 1 is 0.632 bits per heavy atom. The summed E-state index contributed by atoms with van der Waals surface area (Å²) in [5.41, 5.74) is 7.29. The molecule has 0 aliphatic carbocycles. The molecule has 4 nitrogen and oxygen atoms in total. The second-order valence-corrected chi connectivity index (χ2v) is 11.1. The van der Waals surface area contributed by atoms with Crippen LogP contribution in [-0.2, 0) is 0 Å². The molecule has 202 valence electrons. The number of nitrogens with zero attached hydrogens (tertiary/aromatic N) is 2. The fraction of sp³-hybridized carbons (Fsp3) is 0.412. The Kier molecular flexibility index (Phi) is 9.90. The van der Waals surface area contributed by atoms with Crippen LogP contribution in [0.4, 0.5) is 11.4 Å². The van der Waals surface area contributed by atoms with Crippen molar-refractivity contribution in [2.75, 3.05) is 0 Å². The SMILES string of the molecule is CCC(C)c1cc(C=Nc2cccc(N=Cc3cc(C(C)CC)cc(C(C)C)c3O)c2)c(O)c(C(C)C)c1. The number of aliphatic imine (C=N–C) groups is 2. The molecule has 3 aromatic carbocycles. The average molecular weight is 513 g/mol. The van der Waals surface area contributed by atoms with Crippen LogP contribution < -0.4 is 0 Å². The number of rotatable bonds is 10. The van der Waals surface area contributed by atoms with Gasteiger partial charge in [0.15, 0.2) is 0 Å². The Morgan fingerprint density at radius 2 is 1.03 bits per heavy atom. The van der Waals surface area contributed by atoms with Gasteiger partial charge in [0.2, 0.25) is 0 Å². The highest BCUT2D eigenvalue weighted by molar-refractivity contribution is 5.88. The van der Waals surface area contributed by atoms with Crippen molar-refractivity contribution < 1.29 is 10.2 Å². The maximum absolute atomic E-state index is 10.9. The zero-order valence-electron chi connectivity index (χ0n) is 24.3. The summed E-state index contributed by atoms with van der Waals surface area (Å²) in [6.07, 6.45) is 5.55. The van der Waals surface area contributed by atoms with Crippen molar-refractivity contribution in [2.45, 2.75) is 91.9 Å². The van der Waals surface area contributed by atoms with Gasteiger partial charge in [-0.05, 0) is 89.1 Å². The summed E-state index contributed by atoms with van der Waals surface area (Å²) in [7, 11) is 0. The Bertz CT molecular complexity index is 1210. The van der Waals surface area contributed by atoms with Gasteiger partial charge >= 0.3 is 0 Å². The maximum Gasteiger partial charge on any atom is 0.127 e. The molecule has 0 fully saturated rings. The normalized spacial score (nSPS) is 13.7. The third kappa shape index (κ3) is 6.92. The van der Waals surface area contributed by atoms with E-state index in [1.165, 1.54) is 11.1 Å². The lowest BCUT2D eigenvalue weighted by Crippen LogP contribution is -1.99. The summed E-state index contributed by atoms with van der Waals surface area (Å²) < 4.78 is 0. The van der Waals surface area contributed by atoms with Gasteiger partial charge in [0.1, 0.15) is 11.5 Å². The summed E-state index contributed by atoms with van der Waals surface area (Å²) in [5, 5.41) is 21.8. The van der Waals surface area contributed by atoms with Crippen molar-refractivity contribution in [1.29, 1.82) is 0 Å². The predicted octanol–water partition coefficient (Wildman–Crippen LogP) is 9.87. The Hall–Kier alpha value is -3.40. The number of hydrogen-bond acceptors (Lipinski definition) is 4. The third-order valence-electron chi connectivity index (χ3n) is 7.52. The van der Waals surface area contributed by atoms with E-state index in [0.29, 0.717) is 23.3 Å². The fourth-order valence-corrected chi connectivity index (χ4v) is 4.47. The van der Waals surface area contributed by atoms with Gasteiger partial charge in [-0.2, -0.15) is 0 Å². The van der Waals surface area contributed by atoms with E-state index in [4.69, 9.17) is 0 Å². The molecule has 0 spiro atoms. The van der Waals surface area contributed by atoms with Crippen LogP contribution in [0.2, 0.25) is 0 Å². The molecule has 4 heteroatoms. The van der Waals surface area contributed by atoms with Gasteiger partial charge in [-0.25, -0.2) is 0 Å². The van der Waals surface area contributed by atoms with Crippen LogP contribution >= 0.6 is 0 Å². The van der Waals surface area contributed by atoms with E-state index in [-0.39, 0.29) is 11.8 Å². The Labute approximate surface area is 229 Å². The lowest BCUT2D eigenvalue weighted by atomic mass is 9.90.